The highest BCUT2D eigenvalue weighted by atomic mass is 16.2. The Labute approximate surface area is 117 Å². The minimum atomic E-state index is 0.111. The van der Waals surface area contributed by atoms with Gasteiger partial charge in [-0.05, 0) is 11.1 Å². The molecule has 0 saturated heterocycles. The Balaban J connectivity index is 1.71. The second kappa shape index (κ2) is 5.42. The molecule has 1 amide bonds. The molecule has 0 bridgehead atoms. The summed E-state index contributed by atoms with van der Waals surface area (Å²) in [6.45, 7) is 2.45. The summed E-state index contributed by atoms with van der Waals surface area (Å²) in [5.74, 6) is 0.955. The van der Waals surface area contributed by atoms with Crippen LogP contribution in [0.5, 0.6) is 0 Å². The Kier molecular flexibility index (Phi) is 3.47. The number of hydrogen-bond acceptors (Lipinski definition) is 4. The van der Waals surface area contributed by atoms with Crippen molar-refractivity contribution < 1.29 is 4.79 Å². The SMILES string of the molecule is NCc1ccccc1CC(=O)N1CCn2cnnc2C1. The molecular formula is C14H17N5O. The zero-order valence-electron chi connectivity index (χ0n) is 11.2. The standard InChI is InChI=1S/C14H17N5O/c15-8-12-4-2-1-3-11(12)7-14(20)18-5-6-19-10-16-17-13(19)9-18/h1-4,10H,5-9,15H2. The summed E-state index contributed by atoms with van der Waals surface area (Å²) in [7, 11) is 0. The number of carbonyl (C=O) groups is 1. The van der Waals surface area contributed by atoms with Gasteiger partial charge in [0.2, 0.25) is 5.91 Å². The summed E-state index contributed by atoms with van der Waals surface area (Å²) < 4.78 is 1.98. The lowest BCUT2D eigenvalue weighted by Crippen LogP contribution is -2.39. The van der Waals surface area contributed by atoms with Crippen LogP contribution in [0.1, 0.15) is 17.0 Å². The molecule has 1 aliphatic heterocycles. The minimum Gasteiger partial charge on any atom is -0.333 e. The second-order valence-electron chi connectivity index (χ2n) is 4.91. The number of nitrogens with two attached hydrogens (primary N) is 1. The van der Waals surface area contributed by atoms with Crippen LogP contribution in [-0.2, 0) is 30.8 Å². The zero-order chi connectivity index (χ0) is 13.9. The van der Waals surface area contributed by atoms with Crippen molar-refractivity contribution in [3.63, 3.8) is 0 Å². The molecule has 2 heterocycles. The van der Waals surface area contributed by atoms with Crippen molar-refractivity contribution >= 4 is 5.91 Å². The lowest BCUT2D eigenvalue weighted by molar-refractivity contribution is -0.132. The topological polar surface area (TPSA) is 77.0 Å². The normalized spacial score (nSPS) is 14.2. The highest BCUT2D eigenvalue weighted by Gasteiger charge is 2.22. The molecule has 2 N–H and O–H groups in total. The summed E-state index contributed by atoms with van der Waals surface area (Å²) in [4.78, 5) is 14.2. The maximum Gasteiger partial charge on any atom is 0.227 e. The van der Waals surface area contributed by atoms with E-state index in [1.807, 2.05) is 33.7 Å². The first kappa shape index (κ1) is 12.8. The first-order valence-corrected chi connectivity index (χ1v) is 6.69. The molecule has 6 nitrogen and oxygen atoms in total. The second-order valence-corrected chi connectivity index (χ2v) is 4.91. The van der Waals surface area contributed by atoms with Crippen molar-refractivity contribution in [1.29, 1.82) is 0 Å². The Morgan fingerprint density at radius 1 is 1.25 bits per heavy atom. The van der Waals surface area contributed by atoms with E-state index < -0.39 is 0 Å². The predicted octanol–water partition coefficient (Wildman–Crippen LogP) is 0.322. The lowest BCUT2D eigenvalue weighted by atomic mass is 10.0. The Hall–Kier alpha value is -2.21. The van der Waals surface area contributed by atoms with Crippen molar-refractivity contribution in [3.05, 3.63) is 47.5 Å². The van der Waals surface area contributed by atoms with Gasteiger partial charge in [0.15, 0.2) is 5.82 Å². The Morgan fingerprint density at radius 2 is 2.05 bits per heavy atom. The van der Waals surface area contributed by atoms with Crippen molar-refractivity contribution in [2.24, 2.45) is 5.73 Å². The van der Waals surface area contributed by atoms with Crippen LogP contribution in [0.2, 0.25) is 0 Å². The molecule has 20 heavy (non-hydrogen) atoms. The smallest absolute Gasteiger partial charge is 0.227 e. The van der Waals surface area contributed by atoms with Crippen molar-refractivity contribution in [2.75, 3.05) is 6.54 Å². The van der Waals surface area contributed by atoms with E-state index >= 15 is 0 Å². The van der Waals surface area contributed by atoms with E-state index in [0.29, 0.717) is 26.1 Å². The molecule has 6 heteroatoms. The highest BCUT2D eigenvalue weighted by Crippen LogP contribution is 2.14. The van der Waals surface area contributed by atoms with Gasteiger partial charge in [-0.25, -0.2) is 0 Å². The maximum atomic E-state index is 12.4. The summed E-state index contributed by atoms with van der Waals surface area (Å²) in [5.41, 5.74) is 7.74. The largest absolute Gasteiger partial charge is 0.333 e. The third-order valence-electron chi connectivity index (χ3n) is 3.67. The molecule has 0 saturated carbocycles. The van der Waals surface area contributed by atoms with Gasteiger partial charge in [-0.1, -0.05) is 24.3 Å². The average Bonchev–Trinajstić information content (AvgIpc) is 2.95. The Morgan fingerprint density at radius 3 is 2.85 bits per heavy atom. The van der Waals surface area contributed by atoms with Crippen LogP contribution in [0.3, 0.4) is 0 Å². The van der Waals surface area contributed by atoms with Crippen LogP contribution >= 0.6 is 0 Å². The van der Waals surface area contributed by atoms with E-state index in [1.165, 1.54) is 0 Å². The van der Waals surface area contributed by atoms with Gasteiger partial charge in [0.25, 0.3) is 0 Å². The molecular weight excluding hydrogens is 254 g/mol. The van der Waals surface area contributed by atoms with Crippen molar-refractivity contribution in [2.45, 2.75) is 26.1 Å². The molecule has 0 spiro atoms. The lowest BCUT2D eigenvalue weighted by Gasteiger charge is -2.27. The molecule has 3 rings (SSSR count). The number of benzene rings is 1. The zero-order valence-corrected chi connectivity index (χ0v) is 11.2. The number of fused-ring (bicyclic) bond motifs is 1. The van der Waals surface area contributed by atoms with Gasteiger partial charge in [0.1, 0.15) is 6.33 Å². The molecule has 0 radical (unpaired) electrons. The summed E-state index contributed by atoms with van der Waals surface area (Å²) in [5, 5.41) is 7.90. The van der Waals surface area contributed by atoms with Gasteiger partial charge < -0.3 is 15.2 Å². The molecule has 0 aliphatic carbocycles. The number of rotatable bonds is 3. The highest BCUT2D eigenvalue weighted by molar-refractivity contribution is 5.79. The fourth-order valence-corrected chi connectivity index (χ4v) is 2.48. The fraction of sp³-hybridized carbons (Fsp3) is 0.357. The van der Waals surface area contributed by atoms with Crippen LogP contribution in [0.25, 0.3) is 0 Å². The van der Waals surface area contributed by atoms with Gasteiger partial charge in [0.05, 0.1) is 13.0 Å². The Bertz CT molecular complexity index is 622. The van der Waals surface area contributed by atoms with Gasteiger partial charge in [-0.2, -0.15) is 0 Å². The first-order valence-electron chi connectivity index (χ1n) is 6.69. The first-order chi connectivity index (χ1) is 9.78. The van der Waals surface area contributed by atoms with E-state index in [2.05, 4.69) is 10.2 Å². The molecule has 0 atom stereocenters. The van der Waals surface area contributed by atoms with Gasteiger partial charge in [-0.3, -0.25) is 4.79 Å². The van der Waals surface area contributed by atoms with E-state index in [9.17, 15) is 4.79 Å². The third kappa shape index (κ3) is 2.42. The predicted molar refractivity (Wildman–Crippen MR) is 73.5 cm³/mol. The monoisotopic (exact) mass is 271 g/mol. The van der Waals surface area contributed by atoms with Crippen LogP contribution < -0.4 is 5.73 Å². The third-order valence-corrected chi connectivity index (χ3v) is 3.67. The summed E-state index contributed by atoms with van der Waals surface area (Å²) in [6, 6.07) is 7.82. The fourth-order valence-electron chi connectivity index (χ4n) is 2.48. The van der Waals surface area contributed by atoms with E-state index in [1.54, 1.807) is 6.33 Å². The number of carbonyl (C=O) groups excluding carboxylic acids is 1. The van der Waals surface area contributed by atoms with Gasteiger partial charge in [-0.15, -0.1) is 10.2 Å². The molecule has 1 aliphatic rings. The summed E-state index contributed by atoms with van der Waals surface area (Å²) >= 11 is 0. The number of hydrogen-bond donors (Lipinski definition) is 1. The molecule has 1 aromatic carbocycles. The molecule has 104 valence electrons. The van der Waals surface area contributed by atoms with E-state index in [4.69, 9.17) is 5.73 Å². The van der Waals surface area contributed by atoms with Crippen LogP contribution in [-0.4, -0.2) is 32.1 Å². The minimum absolute atomic E-state index is 0.111. The van der Waals surface area contributed by atoms with Gasteiger partial charge in [0, 0.05) is 19.6 Å². The molecule has 2 aromatic rings. The average molecular weight is 271 g/mol. The van der Waals surface area contributed by atoms with Crippen molar-refractivity contribution in [3.8, 4) is 0 Å². The molecule has 1 aromatic heterocycles. The summed E-state index contributed by atoms with van der Waals surface area (Å²) in [6.07, 6.45) is 2.10. The van der Waals surface area contributed by atoms with E-state index in [0.717, 1.165) is 23.5 Å². The van der Waals surface area contributed by atoms with Gasteiger partial charge >= 0.3 is 0 Å². The quantitative estimate of drug-likeness (QED) is 0.872. The number of amides is 1. The van der Waals surface area contributed by atoms with Crippen molar-refractivity contribution in [1.82, 2.24) is 19.7 Å². The van der Waals surface area contributed by atoms with E-state index in [-0.39, 0.29) is 5.91 Å². The van der Waals surface area contributed by atoms with Crippen LogP contribution in [0.15, 0.2) is 30.6 Å². The molecule has 0 unspecified atom stereocenters. The van der Waals surface area contributed by atoms with Crippen LogP contribution in [0, 0.1) is 0 Å². The number of aromatic nitrogens is 3. The number of nitrogens with zero attached hydrogens (tertiary/aromatic N) is 4. The van der Waals surface area contributed by atoms with Crippen LogP contribution in [0.4, 0.5) is 0 Å². The maximum absolute atomic E-state index is 12.4. The molecule has 0 fully saturated rings.